The van der Waals surface area contributed by atoms with Gasteiger partial charge in [0.15, 0.2) is 10.9 Å². The van der Waals surface area contributed by atoms with Gasteiger partial charge in [0.25, 0.3) is 5.91 Å². The number of thiocarbonyl (C=S) groups is 1. The van der Waals surface area contributed by atoms with Crippen LogP contribution >= 0.6 is 23.6 Å². The van der Waals surface area contributed by atoms with Gasteiger partial charge in [-0.15, -0.1) is 10.2 Å². The number of ether oxygens (including phenoxy) is 1. The summed E-state index contributed by atoms with van der Waals surface area (Å²) in [5.41, 5.74) is 3.26. The van der Waals surface area contributed by atoms with Crippen LogP contribution in [0.15, 0.2) is 42.5 Å². The standard InChI is InChI=1S/C22H22N6O2S2/c1-4-11-30-17-8-5-15(6-9-17)19(29)24-21(31)23-18-10-7-16(12-13(18)2)20-27-28-14(3)25-26-22(28)32-20/h5-10,12H,4,11H2,1-3H3,(H2,23,24,29,31). The fraction of sp³-hybridized carbons (Fsp3) is 0.227. The van der Waals surface area contributed by atoms with Crippen LogP contribution in [-0.4, -0.2) is 37.4 Å². The zero-order chi connectivity index (χ0) is 22.7. The molecule has 2 heterocycles. The van der Waals surface area contributed by atoms with Gasteiger partial charge in [0.2, 0.25) is 4.96 Å². The summed E-state index contributed by atoms with van der Waals surface area (Å²) in [6.45, 7) is 6.52. The first kappa shape index (κ1) is 21.8. The number of hydrogen-bond donors (Lipinski definition) is 2. The maximum atomic E-state index is 12.5. The maximum Gasteiger partial charge on any atom is 0.257 e. The molecule has 0 bridgehead atoms. The Morgan fingerprint density at radius 3 is 2.62 bits per heavy atom. The van der Waals surface area contributed by atoms with Crippen LogP contribution in [0.3, 0.4) is 0 Å². The summed E-state index contributed by atoms with van der Waals surface area (Å²) in [5, 5.41) is 19.6. The van der Waals surface area contributed by atoms with Crippen LogP contribution < -0.4 is 15.4 Å². The molecule has 0 radical (unpaired) electrons. The van der Waals surface area contributed by atoms with Crippen LogP contribution in [0.25, 0.3) is 15.5 Å². The van der Waals surface area contributed by atoms with Gasteiger partial charge in [-0.05, 0) is 80.5 Å². The summed E-state index contributed by atoms with van der Waals surface area (Å²) in [7, 11) is 0. The molecule has 1 amide bonds. The number of fused-ring (bicyclic) bond motifs is 1. The lowest BCUT2D eigenvalue weighted by atomic mass is 10.1. The molecule has 10 heteroatoms. The molecule has 0 aliphatic heterocycles. The Hall–Kier alpha value is -3.37. The summed E-state index contributed by atoms with van der Waals surface area (Å²) in [6, 6.07) is 12.9. The highest BCUT2D eigenvalue weighted by Gasteiger charge is 2.13. The number of aryl methyl sites for hydroxylation is 2. The topological polar surface area (TPSA) is 93.4 Å². The lowest BCUT2D eigenvalue weighted by molar-refractivity contribution is 0.0977. The highest BCUT2D eigenvalue weighted by atomic mass is 32.1. The minimum Gasteiger partial charge on any atom is -0.494 e. The Balaban J connectivity index is 1.40. The van der Waals surface area contributed by atoms with Crippen molar-refractivity contribution in [3.8, 4) is 16.3 Å². The van der Waals surface area contributed by atoms with Gasteiger partial charge in [0, 0.05) is 16.8 Å². The zero-order valence-corrected chi connectivity index (χ0v) is 19.5. The second kappa shape index (κ2) is 9.41. The lowest BCUT2D eigenvalue weighted by Crippen LogP contribution is -2.34. The first-order chi connectivity index (χ1) is 15.4. The molecule has 164 valence electrons. The van der Waals surface area contributed by atoms with Crippen LogP contribution in [0.4, 0.5) is 5.69 Å². The summed E-state index contributed by atoms with van der Waals surface area (Å²) in [4.78, 5) is 13.2. The SMILES string of the molecule is CCCOc1ccc(C(=O)NC(=S)Nc2ccc(-c3nn4c(C)nnc4s3)cc2C)cc1. The van der Waals surface area contributed by atoms with E-state index in [1.165, 1.54) is 11.3 Å². The van der Waals surface area contributed by atoms with Crippen LogP contribution in [0.5, 0.6) is 5.75 Å². The number of aromatic nitrogens is 4. The Kier molecular flexibility index (Phi) is 6.42. The maximum absolute atomic E-state index is 12.5. The van der Waals surface area contributed by atoms with Gasteiger partial charge in [-0.3, -0.25) is 10.1 Å². The Bertz CT molecular complexity index is 1280. The van der Waals surface area contributed by atoms with Gasteiger partial charge in [0.05, 0.1) is 6.61 Å². The molecule has 4 aromatic rings. The van der Waals surface area contributed by atoms with Crippen molar-refractivity contribution in [3.63, 3.8) is 0 Å². The molecule has 0 aliphatic rings. The molecule has 2 aromatic carbocycles. The van der Waals surface area contributed by atoms with E-state index in [0.717, 1.165) is 44.8 Å². The molecular weight excluding hydrogens is 444 g/mol. The molecule has 0 aliphatic carbocycles. The number of carbonyl (C=O) groups is 1. The second-order valence-electron chi connectivity index (χ2n) is 7.16. The minimum atomic E-state index is -0.283. The highest BCUT2D eigenvalue weighted by Crippen LogP contribution is 2.28. The quantitative estimate of drug-likeness (QED) is 0.407. The molecule has 4 rings (SSSR count). The molecule has 0 saturated carbocycles. The van der Waals surface area contributed by atoms with Crippen molar-refractivity contribution in [2.75, 3.05) is 11.9 Å². The average molecular weight is 467 g/mol. The van der Waals surface area contributed by atoms with Crippen LogP contribution in [0.2, 0.25) is 0 Å². The summed E-state index contributed by atoms with van der Waals surface area (Å²) in [6.07, 6.45) is 0.928. The molecule has 0 spiro atoms. The van der Waals surface area contributed by atoms with Gasteiger partial charge in [-0.2, -0.15) is 9.61 Å². The van der Waals surface area contributed by atoms with E-state index in [0.29, 0.717) is 12.2 Å². The van der Waals surface area contributed by atoms with E-state index in [9.17, 15) is 4.79 Å². The molecule has 8 nitrogen and oxygen atoms in total. The molecule has 2 N–H and O–H groups in total. The van der Waals surface area contributed by atoms with Crippen molar-refractivity contribution < 1.29 is 9.53 Å². The zero-order valence-electron chi connectivity index (χ0n) is 17.9. The van der Waals surface area contributed by atoms with Gasteiger partial charge in [-0.1, -0.05) is 18.3 Å². The molecule has 0 fully saturated rings. The number of nitrogens with one attached hydrogen (secondary N) is 2. The van der Waals surface area contributed by atoms with Gasteiger partial charge in [-0.25, -0.2) is 0 Å². The van der Waals surface area contributed by atoms with Crippen LogP contribution in [-0.2, 0) is 0 Å². The number of benzene rings is 2. The van der Waals surface area contributed by atoms with E-state index < -0.39 is 0 Å². The number of hydrogen-bond acceptors (Lipinski definition) is 7. The average Bonchev–Trinajstić information content (AvgIpc) is 3.36. The molecular formula is C22H22N6O2S2. The molecule has 32 heavy (non-hydrogen) atoms. The fourth-order valence-corrected chi connectivity index (χ4v) is 4.10. The second-order valence-corrected chi connectivity index (χ2v) is 8.52. The normalized spacial score (nSPS) is 10.8. The third-order valence-corrected chi connectivity index (χ3v) is 5.84. The first-order valence-corrected chi connectivity index (χ1v) is 11.3. The van der Waals surface area contributed by atoms with Crippen LogP contribution in [0, 0.1) is 13.8 Å². The third kappa shape index (κ3) is 4.76. The van der Waals surface area contributed by atoms with Crippen molar-refractivity contribution in [1.29, 1.82) is 0 Å². The summed E-state index contributed by atoms with van der Waals surface area (Å²) in [5.74, 6) is 1.20. The van der Waals surface area contributed by atoms with Crippen LogP contribution in [0.1, 0.15) is 35.1 Å². The molecule has 2 aromatic heterocycles. The number of carbonyl (C=O) groups excluding carboxylic acids is 1. The molecule has 0 atom stereocenters. The van der Waals surface area contributed by atoms with E-state index in [1.54, 1.807) is 28.8 Å². The largest absolute Gasteiger partial charge is 0.494 e. The van der Waals surface area contributed by atoms with Gasteiger partial charge < -0.3 is 10.1 Å². The van der Waals surface area contributed by atoms with E-state index in [4.69, 9.17) is 17.0 Å². The highest BCUT2D eigenvalue weighted by molar-refractivity contribution is 7.80. The molecule has 0 saturated heterocycles. The summed E-state index contributed by atoms with van der Waals surface area (Å²) < 4.78 is 7.27. The van der Waals surface area contributed by atoms with E-state index in [-0.39, 0.29) is 11.0 Å². The number of amides is 1. The smallest absolute Gasteiger partial charge is 0.257 e. The lowest BCUT2D eigenvalue weighted by Gasteiger charge is -2.13. The number of rotatable bonds is 6. The van der Waals surface area contributed by atoms with Crippen molar-refractivity contribution in [3.05, 3.63) is 59.4 Å². The van der Waals surface area contributed by atoms with E-state index in [1.807, 2.05) is 39.0 Å². The number of anilines is 1. The van der Waals surface area contributed by atoms with E-state index in [2.05, 4.69) is 25.9 Å². The predicted octanol–water partition coefficient (Wildman–Crippen LogP) is 4.39. The van der Waals surface area contributed by atoms with Gasteiger partial charge >= 0.3 is 0 Å². The number of nitrogens with zero attached hydrogens (tertiary/aromatic N) is 4. The van der Waals surface area contributed by atoms with Gasteiger partial charge in [0.1, 0.15) is 10.8 Å². The van der Waals surface area contributed by atoms with Crippen molar-refractivity contribution in [2.24, 2.45) is 0 Å². The fourth-order valence-electron chi connectivity index (χ4n) is 3.02. The first-order valence-electron chi connectivity index (χ1n) is 10.1. The van der Waals surface area contributed by atoms with Crippen molar-refractivity contribution >= 4 is 45.2 Å². The predicted molar refractivity (Wildman–Crippen MR) is 129 cm³/mol. The Labute approximate surface area is 194 Å². The Morgan fingerprint density at radius 1 is 1.16 bits per heavy atom. The van der Waals surface area contributed by atoms with Crippen molar-refractivity contribution in [1.82, 2.24) is 25.1 Å². The van der Waals surface area contributed by atoms with Crippen molar-refractivity contribution in [2.45, 2.75) is 27.2 Å². The molecule has 0 unspecified atom stereocenters. The van der Waals surface area contributed by atoms with E-state index >= 15 is 0 Å². The summed E-state index contributed by atoms with van der Waals surface area (Å²) >= 11 is 6.81. The Morgan fingerprint density at radius 2 is 1.94 bits per heavy atom. The third-order valence-electron chi connectivity index (χ3n) is 4.68. The monoisotopic (exact) mass is 466 g/mol. The minimum absolute atomic E-state index is 0.228.